The SMILES string of the molecule is COc1cc2nc(-c3ccc(C(N)=O)cc3)nc(N)c2cc1OC. The molecular weight excluding hydrogens is 308 g/mol. The molecule has 3 rings (SSSR count). The van der Waals surface area contributed by atoms with Gasteiger partial charge in [-0.15, -0.1) is 0 Å². The highest BCUT2D eigenvalue weighted by Crippen LogP contribution is 2.34. The van der Waals surface area contributed by atoms with Crippen molar-refractivity contribution in [2.24, 2.45) is 5.73 Å². The first-order valence-corrected chi connectivity index (χ1v) is 7.13. The van der Waals surface area contributed by atoms with Crippen molar-refractivity contribution in [2.75, 3.05) is 20.0 Å². The molecule has 0 radical (unpaired) electrons. The molecule has 0 bridgehead atoms. The van der Waals surface area contributed by atoms with Crippen molar-refractivity contribution in [3.8, 4) is 22.9 Å². The Labute approximate surface area is 138 Å². The van der Waals surface area contributed by atoms with Crippen molar-refractivity contribution >= 4 is 22.6 Å². The summed E-state index contributed by atoms with van der Waals surface area (Å²) in [5.41, 5.74) is 13.1. The Hall–Kier alpha value is -3.35. The van der Waals surface area contributed by atoms with Crippen LogP contribution in [0.2, 0.25) is 0 Å². The van der Waals surface area contributed by atoms with Gasteiger partial charge in [-0.05, 0) is 18.2 Å². The maximum atomic E-state index is 11.2. The number of aromatic nitrogens is 2. The lowest BCUT2D eigenvalue weighted by Gasteiger charge is -2.11. The Morgan fingerprint density at radius 2 is 1.62 bits per heavy atom. The zero-order valence-corrected chi connectivity index (χ0v) is 13.2. The third-order valence-corrected chi connectivity index (χ3v) is 3.66. The highest BCUT2D eigenvalue weighted by molar-refractivity contribution is 5.94. The van der Waals surface area contributed by atoms with Gasteiger partial charge >= 0.3 is 0 Å². The third-order valence-electron chi connectivity index (χ3n) is 3.66. The maximum absolute atomic E-state index is 11.2. The van der Waals surface area contributed by atoms with Crippen LogP contribution in [-0.4, -0.2) is 30.1 Å². The van der Waals surface area contributed by atoms with Crippen LogP contribution in [0.3, 0.4) is 0 Å². The van der Waals surface area contributed by atoms with Crippen LogP contribution in [0.25, 0.3) is 22.3 Å². The van der Waals surface area contributed by atoms with Gasteiger partial charge in [-0.1, -0.05) is 12.1 Å². The normalized spacial score (nSPS) is 10.6. The van der Waals surface area contributed by atoms with Crippen LogP contribution < -0.4 is 20.9 Å². The summed E-state index contributed by atoms with van der Waals surface area (Å²) in [5, 5.41) is 0.671. The quantitative estimate of drug-likeness (QED) is 0.759. The number of ether oxygens (including phenoxy) is 2. The predicted molar refractivity (Wildman–Crippen MR) is 91.0 cm³/mol. The monoisotopic (exact) mass is 324 g/mol. The molecule has 7 heteroatoms. The number of rotatable bonds is 4. The lowest BCUT2D eigenvalue weighted by molar-refractivity contribution is 0.100. The number of amides is 1. The Kier molecular flexibility index (Phi) is 3.91. The minimum atomic E-state index is -0.489. The highest BCUT2D eigenvalue weighted by atomic mass is 16.5. The van der Waals surface area contributed by atoms with E-state index in [1.165, 1.54) is 0 Å². The van der Waals surface area contributed by atoms with Crippen LogP contribution in [0.4, 0.5) is 5.82 Å². The number of nitrogen functional groups attached to an aromatic ring is 1. The molecule has 0 spiro atoms. The van der Waals surface area contributed by atoms with E-state index in [4.69, 9.17) is 20.9 Å². The van der Waals surface area contributed by atoms with Gasteiger partial charge in [0.05, 0.1) is 19.7 Å². The molecule has 1 heterocycles. The first-order chi connectivity index (χ1) is 11.5. The molecule has 0 aliphatic carbocycles. The van der Waals surface area contributed by atoms with Crippen LogP contribution >= 0.6 is 0 Å². The topological polar surface area (TPSA) is 113 Å². The summed E-state index contributed by atoms with van der Waals surface area (Å²) in [5.74, 6) is 1.40. The second-order valence-corrected chi connectivity index (χ2v) is 5.10. The van der Waals surface area contributed by atoms with Gasteiger partial charge in [0.1, 0.15) is 5.82 Å². The summed E-state index contributed by atoms with van der Waals surface area (Å²) in [4.78, 5) is 20.0. The average Bonchev–Trinajstić information content (AvgIpc) is 2.60. The average molecular weight is 324 g/mol. The van der Waals surface area contributed by atoms with Crippen LogP contribution in [0.1, 0.15) is 10.4 Å². The minimum Gasteiger partial charge on any atom is -0.493 e. The van der Waals surface area contributed by atoms with Crippen LogP contribution in [-0.2, 0) is 0 Å². The van der Waals surface area contributed by atoms with E-state index in [2.05, 4.69) is 9.97 Å². The van der Waals surface area contributed by atoms with Crippen LogP contribution in [0.15, 0.2) is 36.4 Å². The molecule has 7 nitrogen and oxygen atoms in total. The number of carbonyl (C=O) groups excluding carboxylic acids is 1. The predicted octanol–water partition coefficient (Wildman–Crippen LogP) is 2.00. The van der Waals surface area contributed by atoms with Gasteiger partial charge in [0, 0.05) is 22.6 Å². The van der Waals surface area contributed by atoms with E-state index in [1.807, 2.05) is 0 Å². The second kappa shape index (κ2) is 6.04. The number of fused-ring (bicyclic) bond motifs is 1. The van der Waals surface area contributed by atoms with E-state index >= 15 is 0 Å². The fraction of sp³-hybridized carbons (Fsp3) is 0.118. The summed E-state index contributed by atoms with van der Waals surface area (Å²) < 4.78 is 10.6. The second-order valence-electron chi connectivity index (χ2n) is 5.10. The molecule has 0 fully saturated rings. The first kappa shape index (κ1) is 15.5. The van der Waals surface area contributed by atoms with E-state index in [-0.39, 0.29) is 0 Å². The number of carbonyl (C=O) groups is 1. The molecule has 122 valence electrons. The zero-order chi connectivity index (χ0) is 17.3. The molecule has 1 amide bonds. The van der Waals surface area contributed by atoms with E-state index in [0.29, 0.717) is 39.6 Å². The highest BCUT2D eigenvalue weighted by Gasteiger charge is 2.13. The molecule has 0 saturated heterocycles. The molecule has 2 aromatic carbocycles. The fourth-order valence-corrected chi connectivity index (χ4v) is 2.39. The number of hydrogen-bond donors (Lipinski definition) is 2. The Morgan fingerprint density at radius 1 is 1.00 bits per heavy atom. The van der Waals surface area contributed by atoms with Crippen LogP contribution in [0, 0.1) is 0 Å². The number of nitrogens with zero attached hydrogens (tertiary/aromatic N) is 2. The number of benzene rings is 2. The van der Waals surface area contributed by atoms with Gasteiger partial charge in [-0.25, -0.2) is 9.97 Å². The van der Waals surface area contributed by atoms with Crippen molar-refractivity contribution in [1.29, 1.82) is 0 Å². The zero-order valence-electron chi connectivity index (χ0n) is 13.2. The van der Waals surface area contributed by atoms with Gasteiger partial charge in [-0.3, -0.25) is 4.79 Å². The van der Waals surface area contributed by atoms with Crippen molar-refractivity contribution < 1.29 is 14.3 Å². The lowest BCUT2D eigenvalue weighted by Crippen LogP contribution is -2.10. The number of hydrogen-bond acceptors (Lipinski definition) is 6. The molecule has 3 aromatic rings. The molecule has 0 atom stereocenters. The van der Waals surface area contributed by atoms with E-state index in [1.54, 1.807) is 50.6 Å². The standard InChI is InChI=1S/C17H16N4O3/c1-23-13-7-11-12(8-14(13)24-2)20-17(21-15(11)18)10-5-3-9(4-6-10)16(19)22/h3-8H,1-2H3,(H2,19,22)(H2,18,20,21). The van der Waals surface area contributed by atoms with E-state index in [0.717, 1.165) is 5.56 Å². The number of nitrogens with two attached hydrogens (primary N) is 2. The summed E-state index contributed by atoms with van der Waals surface area (Å²) in [6.07, 6.45) is 0. The van der Waals surface area contributed by atoms with Gasteiger partial charge in [-0.2, -0.15) is 0 Å². The molecular formula is C17H16N4O3. The summed E-state index contributed by atoms with van der Waals surface area (Å²) >= 11 is 0. The summed E-state index contributed by atoms with van der Waals surface area (Å²) in [6, 6.07) is 10.2. The Morgan fingerprint density at radius 3 is 2.21 bits per heavy atom. The van der Waals surface area contributed by atoms with Crippen molar-refractivity contribution in [2.45, 2.75) is 0 Å². The summed E-state index contributed by atoms with van der Waals surface area (Å²) in [6.45, 7) is 0. The number of primary amides is 1. The van der Waals surface area contributed by atoms with Crippen LogP contribution in [0.5, 0.6) is 11.5 Å². The van der Waals surface area contributed by atoms with Crippen molar-refractivity contribution in [3.63, 3.8) is 0 Å². The molecule has 0 unspecified atom stereocenters. The van der Waals surface area contributed by atoms with Gasteiger partial charge < -0.3 is 20.9 Å². The molecule has 0 saturated carbocycles. The number of methoxy groups -OCH3 is 2. The minimum absolute atomic E-state index is 0.329. The Balaban J connectivity index is 2.14. The van der Waals surface area contributed by atoms with Gasteiger partial charge in [0.15, 0.2) is 17.3 Å². The third kappa shape index (κ3) is 2.67. The van der Waals surface area contributed by atoms with E-state index < -0.39 is 5.91 Å². The molecule has 4 N–H and O–H groups in total. The molecule has 0 aliphatic heterocycles. The largest absolute Gasteiger partial charge is 0.493 e. The maximum Gasteiger partial charge on any atom is 0.248 e. The first-order valence-electron chi connectivity index (χ1n) is 7.13. The number of anilines is 1. The van der Waals surface area contributed by atoms with Crippen molar-refractivity contribution in [1.82, 2.24) is 9.97 Å². The Bertz CT molecular complexity index is 923. The smallest absolute Gasteiger partial charge is 0.248 e. The fourth-order valence-electron chi connectivity index (χ4n) is 2.39. The molecule has 0 aliphatic rings. The van der Waals surface area contributed by atoms with Gasteiger partial charge in [0.25, 0.3) is 0 Å². The van der Waals surface area contributed by atoms with E-state index in [9.17, 15) is 4.79 Å². The molecule has 24 heavy (non-hydrogen) atoms. The lowest BCUT2D eigenvalue weighted by atomic mass is 10.1. The summed E-state index contributed by atoms with van der Waals surface area (Å²) in [7, 11) is 3.10. The van der Waals surface area contributed by atoms with Gasteiger partial charge in [0.2, 0.25) is 5.91 Å². The van der Waals surface area contributed by atoms with Crippen molar-refractivity contribution in [3.05, 3.63) is 42.0 Å². The molecule has 1 aromatic heterocycles.